The lowest BCUT2D eigenvalue weighted by Gasteiger charge is -2.18. The zero-order valence-electron chi connectivity index (χ0n) is 10.2. The molecule has 1 aliphatic rings. The zero-order valence-corrected chi connectivity index (χ0v) is 10.2. The molecule has 0 bridgehead atoms. The molecule has 0 aromatic carbocycles. The van der Waals surface area contributed by atoms with Crippen molar-refractivity contribution in [1.29, 1.82) is 0 Å². The highest BCUT2D eigenvalue weighted by Gasteiger charge is 2.21. The van der Waals surface area contributed by atoms with Gasteiger partial charge in [-0.25, -0.2) is 0 Å². The van der Waals surface area contributed by atoms with Crippen molar-refractivity contribution in [2.45, 2.75) is 32.7 Å². The van der Waals surface area contributed by atoms with Gasteiger partial charge in [0, 0.05) is 24.8 Å². The summed E-state index contributed by atoms with van der Waals surface area (Å²) >= 11 is 0. The van der Waals surface area contributed by atoms with Crippen LogP contribution in [0.1, 0.15) is 25.5 Å². The maximum absolute atomic E-state index is 4.35. The van der Waals surface area contributed by atoms with Gasteiger partial charge >= 0.3 is 0 Å². The number of anilines is 1. The fourth-order valence-corrected chi connectivity index (χ4v) is 2.16. The molecule has 3 nitrogen and oxygen atoms in total. The molecule has 1 atom stereocenters. The van der Waals surface area contributed by atoms with E-state index in [1.165, 1.54) is 18.5 Å². The maximum atomic E-state index is 4.35. The van der Waals surface area contributed by atoms with Crippen molar-refractivity contribution in [3.8, 4) is 0 Å². The normalized spacial score (nSPS) is 20.4. The number of aromatic nitrogens is 1. The van der Waals surface area contributed by atoms with Crippen LogP contribution < -0.4 is 10.2 Å². The fourth-order valence-electron chi connectivity index (χ4n) is 2.16. The number of hydrogen-bond acceptors (Lipinski definition) is 3. The van der Waals surface area contributed by atoms with Crippen molar-refractivity contribution in [3.63, 3.8) is 0 Å². The molecule has 0 aliphatic carbocycles. The van der Waals surface area contributed by atoms with Crippen LogP contribution in [0.25, 0.3) is 0 Å². The molecule has 1 saturated heterocycles. The number of pyridine rings is 1. The van der Waals surface area contributed by atoms with Crippen LogP contribution in [0.5, 0.6) is 0 Å². The second kappa shape index (κ2) is 5.30. The molecule has 88 valence electrons. The van der Waals surface area contributed by atoms with Crippen LogP contribution in [-0.2, 0) is 0 Å². The summed E-state index contributed by atoms with van der Waals surface area (Å²) in [7, 11) is 0. The van der Waals surface area contributed by atoms with Crippen LogP contribution in [0.15, 0.2) is 18.3 Å². The minimum atomic E-state index is 0.654. The predicted octanol–water partition coefficient (Wildman–Crippen LogP) is 1.97. The summed E-state index contributed by atoms with van der Waals surface area (Å²) < 4.78 is 0. The first kappa shape index (κ1) is 11.4. The Morgan fingerprint density at radius 2 is 2.38 bits per heavy atom. The highest BCUT2D eigenvalue weighted by molar-refractivity contribution is 5.45. The molecule has 1 N–H and O–H groups in total. The van der Waals surface area contributed by atoms with E-state index in [1.54, 1.807) is 0 Å². The number of nitrogens with one attached hydrogen (secondary N) is 1. The Bertz CT molecular complexity index is 320. The molecule has 2 rings (SSSR count). The first-order valence-electron chi connectivity index (χ1n) is 6.20. The summed E-state index contributed by atoms with van der Waals surface area (Å²) in [6.07, 6.45) is 4.44. The third kappa shape index (κ3) is 2.73. The monoisotopic (exact) mass is 219 g/mol. The lowest BCUT2D eigenvalue weighted by molar-refractivity contribution is 0.549. The van der Waals surface area contributed by atoms with E-state index < -0.39 is 0 Å². The van der Waals surface area contributed by atoms with Gasteiger partial charge < -0.3 is 10.2 Å². The Labute approximate surface area is 97.9 Å². The van der Waals surface area contributed by atoms with E-state index in [9.17, 15) is 0 Å². The second-order valence-electron chi connectivity index (χ2n) is 4.54. The van der Waals surface area contributed by atoms with Crippen molar-refractivity contribution in [2.24, 2.45) is 0 Å². The quantitative estimate of drug-likeness (QED) is 0.839. The molecular weight excluding hydrogens is 198 g/mol. The SMILES string of the molecule is CCCNC1CCN(c2ccc(C)nc2)C1. The van der Waals surface area contributed by atoms with Gasteiger partial charge in [0.05, 0.1) is 11.9 Å². The average molecular weight is 219 g/mol. The van der Waals surface area contributed by atoms with Crippen molar-refractivity contribution in [3.05, 3.63) is 24.0 Å². The predicted molar refractivity (Wildman–Crippen MR) is 67.9 cm³/mol. The molecule has 0 saturated carbocycles. The van der Waals surface area contributed by atoms with Crippen molar-refractivity contribution in [2.75, 3.05) is 24.5 Å². The van der Waals surface area contributed by atoms with Gasteiger partial charge in [-0.3, -0.25) is 4.98 Å². The second-order valence-corrected chi connectivity index (χ2v) is 4.54. The van der Waals surface area contributed by atoms with E-state index in [-0.39, 0.29) is 0 Å². The van der Waals surface area contributed by atoms with Crippen molar-refractivity contribution < 1.29 is 0 Å². The number of nitrogens with zero attached hydrogens (tertiary/aromatic N) is 2. The fraction of sp³-hybridized carbons (Fsp3) is 0.615. The molecule has 1 aliphatic heterocycles. The van der Waals surface area contributed by atoms with E-state index in [2.05, 4.69) is 34.3 Å². The number of hydrogen-bond donors (Lipinski definition) is 1. The van der Waals surface area contributed by atoms with Gasteiger partial charge in [-0.05, 0) is 38.4 Å². The Morgan fingerprint density at radius 1 is 1.50 bits per heavy atom. The molecule has 2 heterocycles. The minimum absolute atomic E-state index is 0.654. The molecule has 0 spiro atoms. The van der Waals surface area contributed by atoms with Crippen molar-refractivity contribution >= 4 is 5.69 Å². The molecule has 0 radical (unpaired) electrons. The van der Waals surface area contributed by atoms with E-state index in [0.717, 1.165) is 25.3 Å². The molecule has 0 amide bonds. The van der Waals surface area contributed by atoms with Gasteiger partial charge in [0.25, 0.3) is 0 Å². The molecule has 3 heteroatoms. The van der Waals surface area contributed by atoms with Gasteiger partial charge in [-0.2, -0.15) is 0 Å². The zero-order chi connectivity index (χ0) is 11.4. The Hall–Kier alpha value is -1.09. The Kier molecular flexibility index (Phi) is 3.78. The molecule has 1 unspecified atom stereocenters. The van der Waals surface area contributed by atoms with Gasteiger partial charge in [-0.1, -0.05) is 6.92 Å². The standard InChI is InChI=1S/C13H21N3/c1-3-7-14-12-6-8-16(10-12)13-5-4-11(2)15-9-13/h4-5,9,12,14H,3,6-8,10H2,1-2H3. The van der Waals surface area contributed by atoms with E-state index >= 15 is 0 Å². The highest BCUT2D eigenvalue weighted by atomic mass is 15.2. The first-order chi connectivity index (χ1) is 7.79. The highest BCUT2D eigenvalue weighted by Crippen LogP contribution is 2.19. The summed E-state index contributed by atoms with van der Waals surface area (Å²) in [5.74, 6) is 0. The summed E-state index contributed by atoms with van der Waals surface area (Å²) in [5, 5.41) is 3.58. The van der Waals surface area contributed by atoms with Gasteiger partial charge in [0.2, 0.25) is 0 Å². The van der Waals surface area contributed by atoms with E-state index in [1.807, 2.05) is 13.1 Å². The van der Waals surface area contributed by atoms with Crippen LogP contribution in [0.2, 0.25) is 0 Å². The molecule has 1 aromatic heterocycles. The molecular formula is C13H21N3. The minimum Gasteiger partial charge on any atom is -0.369 e. The largest absolute Gasteiger partial charge is 0.369 e. The molecule has 1 aromatic rings. The smallest absolute Gasteiger partial charge is 0.0553 e. The van der Waals surface area contributed by atoms with Gasteiger partial charge in [0.15, 0.2) is 0 Å². The van der Waals surface area contributed by atoms with Crippen LogP contribution in [0.3, 0.4) is 0 Å². The summed E-state index contributed by atoms with van der Waals surface area (Å²) in [6, 6.07) is 4.91. The lowest BCUT2D eigenvalue weighted by atomic mass is 10.2. The Balaban J connectivity index is 1.90. The van der Waals surface area contributed by atoms with E-state index in [4.69, 9.17) is 0 Å². The average Bonchev–Trinajstić information content (AvgIpc) is 2.76. The first-order valence-corrected chi connectivity index (χ1v) is 6.20. The third-order valence-electron chi connectivity index (χ3n) is 3.13. The third-order valence-corrected chi connectivity index (χ3v) is 3.13. The van der Waals surface area contributed by atoms with Gasteiger partial charge in [-0.15, -0.1) is 0 Å². The van der Waals surface area contributed by atoms with E-state index in [0.29, 0.717) is 6.04 Å². The molecule has 1 fully saturated rings. The van der Waals surface area contributed by atoms with Crippen LogP contribution in [0.4, 0.5) is 5.69 Å². The summed E-state index contributed by atoms with van der Waals surface area (Å²) in [6.45, 7) is 7.63. The number of aryl methyl sites for hydroxylation is 1. The number of rotatable bonds is 4. The maximum Gasteiger partial charge on any atom is 0.0553 e. The van der Waals surface area contributed by atoms with Crippen LogP contribution in [-0.4, -0.2) is 30.7 Å². The van der Waals surface area contributed by atoms with Crippen LogP contribution >= 0.6 is 0 Å². The lowest BCUT2D eigenvalue weighted by Crippen LogP contribution is -2.32. The summed E-state index contributed by atoms with van der Waals surface area (Å²) in [4.78, 5) is 6.77. The summed E-state index contributed by atoms with van der Waals surface area (Å²) in [5.41, 5.74) is 2.34. The van der Waals surface area contributed by atoms with Crippen molar-refractivity contribution in [1.82, 2.24) is 10.3 Å². The van der Waals surface area contributed by atoms with Gasteiger partial charge in [0.1, 0.15) is 0 Å². The topological polar surface area (TPSA) is 28.2 Å². The Morgan fingerprint density at radius 3 is 3.06 bits per heavy atom. The molecule has 16 heavy (non-hydrogen) atoms. The van der Waals surface area contributed by atoms with Crippen LogP contribution in [0, 0.1) is 6.92 Å².